The Balaban J connectivity index is 2.71. The number of rotatable bonds is 10. The third-order valence-electron chi connectivity index (χ3n) is 3.32. The summed E-state index contributed by atoms with van der Waals surface area (Å²) in [6.45, 7) is 7.16. The van der Waals surface area contributed by atoms with Crippen molar-refractivity contribution in [2.24, 2.45) is 0 Å². The van der Waals surface area contributed by atoms with Crippen LogP contribution in [0.15, 0.2) is 24.3 Å². The van der Waals surface area contributed by atoms with Crippen LogP contribution in [0.1, 0.15) is 45.2 Å². The summed E-state index contributed by atoms with van der Waals surface area (Å²) < 4.78 is 29.1. The van der Waals surface area contributed by atoms with Crippen LogP contribution in [0.2, 0.25) is 0 Å². The Bertz CT molecular complexity index is 514. The van der Waals surface area contributed by atoms with Crippen LogP contribution in [0.3, 0.4) is 0 Å². The molecule has 0 amide bonds. The number of nitrogens with one attached hydrogen (secondary N) is 1. The van der Waals surface area contributed by atoms with Crippen LogP contribution in [0, 0.1) is 0 Å². The number of sulfone groups is 1. The van der Waals surface area contributed by atoms with Gasteiger partial charge in [0.05, 0.1) is 11.5 Å². The van der Waals surface area contributed by atoms with Crippen LogP contribution in [-0.2, 0) is 9.84 Å². The van der Waals surface area contributed by atoms with Crippen LogP contribution in [0.4, 0.5) is 0 Å². The average Bonchev–Trinajstić information content (AvgIpc) is 2.45. The molecule has 1 aromatic carbocycles. The molecule has 0 radical (unpaired) electrons. The minimum Gasteiger partial charge on any atom is -0.492 e. The Labute approximate surface area is 128 Å². The fourth-order valence-electron chi connectivity index (χ4n) is 2.31. The molecule has 120 valence electrons. The van der Waals surface area contributed by atoms with E-state index in [9.17, 15) is 8.42 Å². The monoisotopic (exact) mass is 313 g/mol. The highest BCUT2D eigenvalue weighted by molar-refractivity contribution is 7.91. The predicted molar refractivity (Wildman–Crippen MR) is 87.6 cm³/mol. The van der Waals surface area contributed by atoms with Gasteiger partial charge < -0.3 is 10.1 Å². The lowest BCUT2D eigenvalue weighted by Gasteiger charge is -2.20. The summed E-state index contributed by atoms with van der Waals surface area (Å²) in [5, 5.41) is 3.42. The molecule has 1 rings (SSSR count). The molecule has 0 saturated carbocycles. The van der Waals surface area contributed by atoms with Gasteiger partial charge in [0.15, 0.2) is 9.84 Å². The molecule has 1 unspecified atom stereocenters. The van der Waals surface area contributed by atoms with Crippen LogP contribution >= 0.6 is 0 Å². The van der Waals surface area contributed by atoms with Crippen molar-refractivity contribution in [2.45, 2.75) is 39.7 Å². The van der Waals surface area contributed by atoms with Gasteiger partial charge in [-0.15, -0.1) is 0 Å². The fraction of sp³-hybridized carbons (Fsp3) is 0.625. The molecule has 0 spiro atoms. The zero-order chi connectivity index (χ0) is 15.7. The van der Waals surface area contributed by atoms with Crippen LogP contribution in [-0.4, -0.2) is 33.1 Å². The van der Waals surface area contributed by atoms with E-state index in [1.165, 1.54) is 0 Å². The van der Waals surface area contributed by atoms with E-state index in [0.29, 0.717) is 6.42 Å². The minimum absolute atomic E-state index is 0.0766. The summed E-state index contributed by atoms with van der Waals surface area (Å²) in [7, 11) is -2.99. The van der Waals surface area contributed by atoms with Crippen molar-refractivity contribution in [1.82, 2.24) is 5.32 Å². The zero-order valence-electron chi connectivity index (χ0n) is 13.3. The van der Waals surface area contributed by atoms with Gasteiger partial charge in [0, 0.05) is 11.6 Å². The van der Waals surface area contributed by atoms with E-state index in [0.717, 1.165) is 24.3 Å². The van der Waals surface area contributed by atoms with E-state index >= 15 is 0 Å². The standard InChI is InChI=1S/C16H27NO3S/c1-4-12-21(18,19)13-11-20-16-10-8-7-9-14(16)15(5-2)17-6-3/h7-10,15,17H,4-6,11-13H2,1-3H3. The normalized spacial score (nSPS) is 13.1. The summed E-state index contributed by atoms with van der Waals surface area (Å²) in [4.78, 5) is 0. The molecule has 1 aromatic rings. The van der Waals surface area contributed by atoms with Crippen molar-refractivity contribution in [3.05, 3.63) is 29.8 Å². The molecule has 0 aliphatic rings. The summed E-state index contributed by atoms with van der Waals surface area (Å²) in [6, 6.07) is 8.07. The molecule has 0 aliphatic heterocycles. The van der Waals surface area contributed by atoms with Crippen LogP contribution in [0.25, 0.3) is 0 Å². The third-order valence-corrected chi connectivity index (χ3v) is 5.14. The minimum atomic E-state index is -2.99. The number of benzene rings is 1. The van der Waals surface area contributed by atoms with E-state index in [1.807, 2.05) is 31.2 Å². The molecular weight excluding hydrogens is 286 g/mol. The highest BCUT2D eigenvalue weighted by Gasteiger charge is 2.14. The number of hydrogen-bond donors (Lipinski definition) is 1. The first-order chi connectivity index (χ1) is 10.0. The Morgan fingerprint density at radius 3 is 2.48 bits per heavy atom. The van der Waals surface area contributed by atoms with Crippen LogP contribution in [0.5, 0.6) is 5.75 Å². The second kappa shape index (κ2) is 9.05. The largest absolute Gasteiger partial charge is 0.492 e. The lowest BCUT2D eigenvalue weighted by Crippen LogP contribution is -2.22. The van der Waals surface area contributed by atoms with Gasteiger partial charge in [-0.1, -0.05) is 39.0 Å². The molecule has 0 aliphatic carbocycles. The summed E-state index contributed by atoms with van der Waals surface area (Å²) >= 11 is 0. The van der Waals surface area contributed by atoms with Gasteiger partial charge in [0.2, 0.25) is 0 Å². The maximum absolute atomic E-state index is 11.7. The molecule has 0 heterocycles. The van der Waals surface area contributed by atoms with E-state index < -0.39 is 9.84 Å². The number of ether oxygens (including phenoxy) is 1. The molecular formula is C16H27NO3S. The van der Waals surface area contributed by atoms with E-state index in [2.05, 4.69) is 19.2 Å². The van der Waals surface area contributed by atoms with Crippen molar-refractivity contribution < 1.29 is 13.2 Å². The highest BCUT2D eigenvalue weighted by Crippen LogP contribution is 2.27. The van der Waals surface area contributed by atoms with E-state index in [-0.39, 0.29) is 24.2 Å². The molecule has 0 saturated heterocycles. The fourth-order valence-corrected chi connectivity index (χ4v) is 3.48. The third kappa shape index (κ3) is 6.06. The quantitative estimate of drug-likeness (QED) is 0.721. The van der Waals surface area contributed by atoms with Crippen molar-refractivity contribution in [2.75, 3.05) is 24.7 Å². The first-order valence-corrected chi connectivity index (χ1v) is 9.51. The first-order valence-electron chi connectivity index (χ1n) is 7.69. The van der Waals surface area contributed by atoms with Gasteiger partial charge in [0.1, 0.15) is 12.4 Å². The zero-order valence-corrected chi connectivity index (χ0v) is 14.1. The number of para-hydroxylation sites is 1. The van der Waals surface area contributed by atoms with Crippen LogP contribution < -0.4 is 10.1 Å². The van der Waals surface area contributed by atoms with Crippen molar-refractivity contribution >= 4 is 9.84 Å². The molecule has 0 bridgehead atoms. The predicted octanol–water partition coefficient (Wildman–Crippen LogP) is 2.95. The maximum atomic E-state index is 11.7. The molecule has 1 atom stereocenters. The molecule has 1 N–H and O–H groups in total. The Kier molecular flexibility index (Phi) is 7.75. The SMILES string of the molecule is CCCS(=O)(=O)CCOc1ccccc1C(CC)NCC. The van der Waals surface area contributed by atoms with E-state index in [1.54, 1.807) is 0 Å². The molecule has 21 heavy (non-hydrogen) atoms. The molecule has 0 fully saturated rings. The first kappa shape index (κ1) is 18.0. The van der Waals surface area contributed by atoms with Gasteiger partial charge in [-0.2, -0.15) is 0 Å². The second-order valence-electron chi connectivity index (χ2n) is 5.06. The molecule has 4 nitrogen and oxygen atoms in total. The van der Waals surface area contributed by atoms with Gasteiger partial charge in [-0.3, -0.25) is 0 Å². The lowest BCUT2D eigenvalue weighted by atomic mass is 10.0. The lowest BCUT2D eigenvalue weighted by molar-refractivity contribution is 0.331. The summed E-state index contributed by atoms with van der Waals surface area (Å²) in [5.74, 6) is 1.08. The van der Waals surface area contributed by atoms with Crippen molar-refractivity contribution in [1.29, 1.82) is 0 Å². The van der Waals surface area contributed by atoms with Gasteiger partial charge in [0.25, 0.3) is 0 Å². The highest BCUT2D eigenvalue weighted by atomic mass is 32.2. The average molecular weight is 313 g/mol. The summed E-state index contributed by atoms with van der Waals surface area (Å²) in [5.41, 5.74) is 1.09. The summed E-state index contributed by atoms with van der Waals surface area (Å²) in [6.07, 6.45) is 1.61. The smallest absolute Gasteiger partial charge is 0.153 e. The van der Waals surface area contributed by atoms with Crippen molar-refractivity contribution in [3.63, 3.8) is 0 Å². The molecule has 0 aromatic heterocycles. The second-order valence-corrected chi connectivity index (χ2v) is 7.36. The number of hydrogen-bond acceptors (Lipinski definition) is 4. The Morgan fingerprint density at radius 1 is 1.14 bits per heavy atom. The molecule has 5 heteroatoms. The van der Waals surface area contributed by atoms with Gasteiger partial charge >= 0.3 is 0 Å². The van der Waals surface area contributed by atoms with Crippen molar-refractivity contribution in [3.8, 4) is 5.75 Å². The topological polar surface area (TPSA) is 55.4 Å². The van der Waals surface area contributed by atoms with Gasteiger partial charge in [-0.05, 0) is 25.5 Å². The van der Waals surface area contributed by atoms with Gasteiger partial charge in [-0.25, -0.2) is 8.42 Å². The Morgan fingerprint density at radius 2 is 1.86 bits per heavy atom. The maximum Gasteiger partial charge on any atom is 0.153 e. The Hall–Kier alpha value is -1.07. The van der Waals surface area contributed by atoms with E-state index in [4.69, 9.17) is 4.74 Å².